The third-order valence-corrected chi connectivity index (χ3v) is 5.00. The molecule has 0 amide bonds. The van der Waals surface area contributed by atoms with Crippen molar-refractivity contribution in [3.05, 3.63) is 36.0 Å². The molecular weight excluding hydrogens is 344 g/mol. The summed E-state index contributed by atoms with van der Waals surface area (Å²) < 4.78 is 12.3. The maximum atomic E-state index is 13.1. The monoisotopic (exact) mass is 372 g/mol. The van der Waals surface area contributed by atoms with Crippen LogP contribution in [0.1, 0.15) is 45.3 Å². The summed E-state index contributed by atoms with van der Waals surface area (Å²) in [4.78, 5) is 27.6. The van der Waals surface area contributed by atoms with Gasteiger partial charge in [0.2, 0.25) is 0 Å². The number of carbonyl (C=O) groups excluding carboxylic acids is 2. The van der Waals surface area contributed by atoms with Gasteiger partial charge in [0.15, 0.2) is 0 Å². The number of para-hydroxylation sites is 1. The Balaban J connectivity index is 2.16. The van der Waals surface area contributed by atoms with Crippen molar-refractivity contribution in [3.63, 3.8) is 0 Å². The number of hydrogen-bond donors (Lipinski definition) is 0. The quantitative estimate of drug-likeness (QED) is 0.746. The van der Waals surface area contributed by atoms with Crippen molar-refractivity contribution in [1.29, 1.82) is 0 Å². The van der Waals surface area contributed by atoms with Crippen LogP contribution >= 0.6 is 0 Å². The van der Waals surface area contributed by atoms with Crippen molar-refractivity contribution in [2.45, 2.75) is 45.3 Å². The SMILES string of the molecule is COC(=O)C1CCCN(C)C1c1cc2ccccc2n1C(=O)OC(C)(C)C. The van der Waals surface area contributed by atoms with Crippen LogP contribution in [0.5, 0.6) is 0 Å². The van der Waals surface area contributed by atoms with Crippen molar-refractivity contribution in [2.75, 3.05) is 20.7 Å². The molecule has 0 bridgehead atoms. The molecular formula is C21H28N2O4. The minimum absolute atomic E-state index is 0.243. The zero-order valence-corrected chi connectivity index (χ0v) is 16.7. The molecule has 0 saturated carbocycles. The molecule has 0 spiro atoms. The van der Waals surface area contributed by atoms with E-state index >= 15 is 0 Å². The Morgan fingerprint density at radius 1 is 1.19 bits per heavy atom. The van der Waals surface area contributed by atoms with Gasteiger partial charge in [-0.2, -0.15) is 0 Å². The average molecular weight is 372 g/mol. The fourth-order valence-electron chi connectivity index (χ4n) is 3.90. The topological polar surface area (TPSA) is 60.8 Å². The van der Waals surface area contributed by atoms with E-state index in [1.807, 2.05) is 58.2 Å². The number of nitrogens with zero attached hydrogens (tertiary/aromatic N) is 2. The van der Waals surface area contributed by atoms with Crippen molar-refractivity contribution >= 4 is 23.0 Å². The van der Waals surface area contributed by atoms with Crippen molar-refractivity contribution < 1.29 is 19.1 Å². The first kappa shape index (κ1) is 19.4. The largest absolute Gasteiger partial charge is 0.469 e. The first-order chi connectivity index (χ1) is 12.7. The molecule has 2 aromatic rings. The van der Waals surface area contributed by atoms with Gasteiger partial charge in [0.25, 0.3) is 0 Å². The molecule has 2 atom stereocenters. The lowest BCUT2D eigenvalue weighted by Crippen LogP contribution is -2.41. The third kappa shape index (κ3) is 3.86. The standard InChI is InChI=1S/C21H28N2O4/c1-21(2,3)27-20(25)23-16-11-7-6-9-14(16)13-17(23)18-15(19(24)26-5)10-8-12-22(18)4/h6-7,9,11,13,15,18H,8,10,12H2,1-5H3. The minimum Gasteiger partial charge on any atom is -0.469 e. The van der Waals surface area contributed by atoms with E-state index < -0.39 is 11.7 Å². The Bertz CT molecular complexity index is 849. The maximum Gasteiger partial charge on any atom is 0.419 e. The molecule has 0 N–H and O–H groups in total. The summed E-state index contributed by atoms with van der Waals surface area (Å²) in [6.07, 6.45) is 1.22. The third-order valence-electron chi connectivity index (χ3n) is 5.00. The number of methoxy groups -OCH3 is 1. The molecule has 1 fully saturated rings. The van der Waals surface area contributed by atoms with E-state index in [0.717, 1.165) is 36.0 Å². The first-order valence-corrected chi connectivity index (χ1v) is 9.34. The van der Waals surface area contributed by atoms with Crippen LogP contribution in [0.4, 0.5) is 4.79 Å². The van der Waals surface area contributed by atoms with Crippen LogP contribution in [-0.2, 0) is 14.3 Å². The van der Waals surface area contributed by atoms with E-state index in [2.05, 4.69) is 4.90 Å². The molecule has 27 heavy (non-hydrogen) atoms. The van der Waals surface area contributed by atoms with Crippen molar-refractivity contribution in [2.24, 2.45) is 5.92 Å². The highest BCUT2D eigenvalue weighted by Gasteiger charge is 2.39. The first-order valence-electron chi connectivity index (χ1n) is 9.34. The summed E-state index contributed by atoms with van der Waals surface area (Å²) >= 11 is 0. The van der Waals surface area contributed by atoms with Crippen LogP contribution in [0.15, 0.2) is 30.3 Å². The van der Waals surface area contributed by atoms with Crippen molar-refractivity contribution in [3.8, 4) is 0 Å². The Morgan fingerprint density at radius 3 is 2.56 bits per heavy atom. The molecule has 1 aromatic heterocycles. The van der Waals surface area contributed by atoms with Gasteiger partial charge in [0, 0.05) is 11.1 Å². The number of hydrogen-bond acceptors (Lipinski definition) is 5. The highest BCUT2D eigenvalue weighted by atomic mass is 16.6. The van der Waals surface area contributed by atoms with Crippen LogP contribution in [0.3, 0.4) is 0 Å². The summed E-state index contributed by atoms with van der Waals surface area (Å²) in [5.74, 6) is -0.563. The van der Waals surface area contributed by atoms with Gasteiger partial charge in [0.1, 0.15) is 5.60 Å². The molecule has 0 radical (unpaired) electrons. The molecule has 6 nitrogen and oxygen atoms in total. The van der Waals surface area contributed by atoms with Crippen LogP contribution in [0, 0.1) is 5.92 Å². The second kappa shape index (κ2) is 7.35. The van der Waals surface area contributed by atoms with E-state index in [4.69, 9.17) is 9.47 Å². The van der Waals surface area contributed by atoms with Gasteiger partial charge in [-0.05, 0) is 59.3 Å². The number of esters is 1. The molecule has 1 aliphatic rings. The zero-order chi connectivity index (χ0) is 19.8. The van der Waals surface area contributed by atoms with Gasteiger partial charge in [0.05, 0.1) is 24.6 Å². The maximum absolute atomic E-state index is 13.1. The number of carbonyl (C=O) groups is 2. The van der Waals surface area contributed by atoms with Crippen LogP contribution in [0.2, 0.25) is 0 Å². The Labute approximate surface area is 160 Å². The predicted molar refractivity (Wildman–Crippen MR) is 104 cm³/mol. The fraction of sp³-hybridized carbons (Fsp3) is 0.524. The fourth-order valence-corrected chi connectivity index (χ4v) is 3.90. The van der Waals surface area contributed by atoms with Gasteiger partial charge in [-0.3, -0.25) is 9.69 Å². The highest BCUT2D eigenvalue weighted by Crippen LogP contribution is 2.38. The number of piperidine rings is 1. The van der Waals surface area contributed by atoms with Gasteiger partial charge in [-0.1, -0.05) is 18.2 Å². The Kier molecular flexibility index (Phi) is 5.29. The van der Waals surface area contributed by atoms with E-state index in [1.54, 1.807) is 4.57 Å². The van der Waals surface area contributed by atoms with Gasteiger partial charge < -0.3 is 9.47 Å². The molecule has 1 aromatic carbocycles. The number of likely N-dealkylation sites (tertiary alicyclic amines) is 1. The zero-order valence-electron chi connectivity index (χ0n) is 16.7. The van der Waals surface area contributed by atoms with Gasteiger partial charge in [-0.15, -0.1) is 0 Å². The Hall–Kier alpha value is -2.34. The van der Waals surface area contributed by atoms with E-state index in [9.17, 15) is 9.59 Å². The van der Waals surface area contributed by atoms with Crippen LogP contribution in [-0.4, -0.2) is 47.8 Å². The van der Waals surface area contributed by atoms with Gasteiger partial charge >= 0.3 is 12.1 Å². The lowest BCUT2D eigenvalue weighted by Gasteiger charge is -2.38. The number of benzene rings is 1. The second-order valence-electron chi connectivity index (χ2n) is 8.14. The summed E-state index contributed by atoms with van der Waals surface area (Å²) in [7, 11) is 3.40. The summed E-state index contributed by atoms with van der Waals surface area (Å²) in [5.41, 5.74) is 0.937. The van der Waals surface area contributed by atoms with Crippen LogP contribution < -0.4 is 0 Å². The summed E-state index contributed by atoms with van der Waals surface area (Å²) in [6.45, 7) is 6.40. The number of fused-ring (bicyclic) bond motifs is 1. The molecule has 0 aliphatic carbocycles. The normalized spacial score (nSPS) is 21.2. The molecule has 146 valence electrons. The highest BCUT2D eigenvalue weighted by molar-refractivity contribution is 5.91. The lowest BCUT2D eigenvalue weighted by atomic mass is 9.87. The molecule has 1 aliphatic heterocycles. The smallest absolute Gasteiger partial charge is 0.419 e. The van der Waals surface area contributed by atoms with Crippen molar-refractivity contribution in [1.82, 2.24) is 9.47 Å². The molecule has 3 rings (SSSR count). The number of aromatic nitrogens is 1. The summed E-state index contributed by atoms with van der Waals surface area (Å²) in [6, 6.07) is 9.45. The van der Waals surface area contributed by atoms with Gasteiger partial charge in [-0.25, -0.2) is 9.36 Å². The minimum atomic E-state index is -0.611. The average Bonchev–Trinajstić information content (AvgIpc) is 2.98. The lowest BCUT2D eigenvalue weighted by molar-refractivity contribution is -0.149. The molecule has 1 saturated heterocycles. The molecule has 2 unspecified atom stereocenters. The molecule has 6 heteroatoms. The van der Waals surface area contributed by atoms with E-state index in [1.165, 1.54) is 7.11 Å². The van der Waals surface area contributed by atoms with Crippen LogP contribution in [0.25, 0.3) is 10.9 Å². The van der Waals surface area contributed by atoms with E-state index in [-0.39, 0.29) is 17.9 Å². The van der Waals surface area contributed by atoms with E-state index in [0.29, 0.717) is 0 Å². The number of rotatable bonds is 2. The Morgan fingerprint density at radius 2 is 1.89 bits per heavy atom. The number of ether oxygens (including phenoxy) is 2. The predicted octanol–water partition coefficient (Wildman–Crippen LogP) is 3.98. The second-order valence-corrected chi connectivity index (χ2v) is 8.14. The molecule has 2 heterocycles. The summed E-state index contributed by atoms with van der Waals surface area (Å²) in [5, 5.41) is 0.945.